The highest BCUT2D eigenvalue weighted by atomic mass is 16.5. The largest absolute Gasteiger partial charge is 0.392 e. The number of methoxy groups -OCH3 is 2. The van der Waals surface area contributed by atoms with Crippen molar-refractivity contribution >= 4 is 11.8 Å². The minimum Gasteiger partial charge on any atom is -0.392 e. The highest BCUT2D eigenvalue weighted by Gasteiger charge is 2.54. The maximum absolute atomic E-state index is 13.4. The fourth-order valence-electron chi connectivity index (χ4n) is 6.44. The molecule has 2 amide bonds. The van der Waals surface area contributed by atoms with Gasteiger partial charge in [0.25, 0.3) is 0 Å². The number of rotatable bonds is 10. The molecule has 0 aromatic heterocycles. The summed E-state index contributed by atoms with van der Waals surface area (Å²) < 4.78 is 10.4. The van der Waals surface area contributed by atoms with Crippen molar-refractivity contribution in [2.75, 3.05) is 40.5 Å². The first kappa shape index (κ1) is 29.1. The second-order valence-electron chi connectivity index (χ2n) is 12.3. The molecule has 0 spiro atoms. The number of aliphatic hydroxyl groups excluding tert-OH is 1. The Morgan fingerprint density at radius 2 is 1.68 bits per heavy atom. The maximum Gasteiger partial charge on any atom is 0.225 e. The molecule has 2 aliphatic carbocycles. The SMILES string of the molecule is COCCN(CCOC)C(=O)[C@@H](C)C1CC[C@@]2(C)CC[C@H](NC(=O)CC(C)(C)C)[C@@H](C)[C@@H]2[C@H]1O. The molecule has 198 valence electrons. The smallest absolute Gasteiger partial charge is 0.225 e. The van der Waals surface area contributed by atoms with Gasteiger partial charge in [-0.15, -0.1) is 0 Å². The van der Waals surface area contributed by atoms with Crippen molar-refractivity contribution in [2.45, 2.75) is 85.8 Å². The van der Waals surface area contributed by atoms with Crippen LogP contribution < -0.4 is 5.32 Å². The summed E-state index contributed by atoms with van der Waals surface area (Å²) in [4.78, 5) is 27.9. The monoisotopic (exact) mass is 482 g/mol. The summed E-state index contributed by atoms with van der Waals surface area (Å²) >= 11 is 0. The second kappa shape index (κ2) is 12.2. The lowest BCUT2D eigenvalue weighted by Crippen LogP contribution is -2.59. The summed E-state index contributed by atoms with van der Waals surface area (Å²) in [5.74, 6) is -0.0195. The fraction of sp³-hybridized carbons (Fsp3) is 0.926. The molecule has 2 N–H and O–H groups in total. The molecule has 0 radical (unpaired) electrons. The van der Waals surface area contributed by atoms with E-state index in [0.29, 0.717) is 32.7 Å². The molecule has 0 bridgehead atoms. The molecule has 7 atom stereocenters. The van der Waals surface area contributed by atoms with Crippen molar-refractivity contribution in [1.82, 2.24) is 10.2 Å². The Morgan fingerprint density at radius 3 is 2.21 bits per heavy atom. The van der Waals surface area contributed by atoms with Gasteiger partial charge in [-0.25, -0.2) is 0 Å². The van der Waals surface area contributed by atoms with E-state index in [9.17, 15) is 14.7 Å². The standard InChI is InChI=1S/C27H50N2O5/c1-18(25(32)29(13-15-33-7)14-16-34-8)20-9-11-27(6)12-10-21(19(2)23(27)24(20)31)28-22(30)17-26(3,4)5/h18-21,23-24,31H,9-17H2,1-8H3,(H,28,30)/t18-,19+,20?,21-,23+,24-,27-/m0/s1. The quantitative estimate of drug-likeness (QED) is 0.498. The van der Waals surface area contributed by atoms with Gasteiger partial charge in [-0.2, -0.15) is 0 Å². The lowest BCUT2D eigenvalue weighted by atomic mass is 9.51. The van der Waals surface area contributed by atoms with Crippen LogP contribution in [0, 0.1) is 34.5 Å². The van der Waals surface area contributed by atoms with Gasteiger partial charge in [-0.1, -0.05) is 41.5 Å². The summed E-state index contributed by atoms with van der Waals surface area (Å²) in [6, 6.07) is 0.0623. The zero-order valence-electron chi connectivity index (χ0n) is 22.9. The van der Waals surface area contributed by atoms with E-state index < -0.39 is 6.10 Å². The first-order valence-electron chi connectivity index (χ1n) is 13.1. The van der Waals surface area contributed by atoms with Crippen LogP contribution in [0.3, 0.4) is 0 Å². The molecule has 0 aliphatic heterocycles. The Kier molecular flexibility index (Phi) is 10.4. The number of carbonyl (C=O) groups excluding carboxylic acids is 2. The van der Waals surface area contributed by atoms with Crippen LogP contribution in [0.25, 0.3) is 0 Å². The molecular weight excluding hydrogens is 432 g/mol. The van der Waals surface area contributed by atoms with Gasteiger partial charge >= 0.3 is 0 Å². The first-order chi connectivity index (χ1) is 15.8. The number of carbonyl (C=O) groups is 2. The topological polar surface area (TPSA) is 88.1 Å². The lowest BCUT2D eigenvalue weighted by molar-refractivity contribution is -0.152. The number of nitrogens with one attached hydrogen (secondary N) is 1. The number of aliphatic hydroxyl groups is 1. The molecule has 1 unspecified atom stereocenters. The zero-order valence-corrected chi connectivity index (χ0v) is 22.9. The Labute approximate surface area is 207 Å². The number of hydrogen-bond donors (Lipinski definition) is 2. The molecule has 0 saturated heterocycles. The van der Waals surface area contributed by atoms with Crippen LogP contribution in [0.15, 0.2) is 0 Å². The van der Waals surface area contributed by atoms with Gasteiger partial charge in [0.05, 0.1) is 19.3 Å². The molecule has 0 aromatic rings. The van der Waals surface area contributed by atoms with Gasteiger partial charge in [0.2, 0.25) is 11.8 Å². The molecule has 0 aromatic carbocycles. The third-order valence-corrected chi connectivity index (χ3v) is 8.40. The highest BCUT2D eigenvalue weighted by Crippen LogP contribution is 2.55. The van der Waals surface area contributed by atoms with Crippen molar-refractivity contribution in [1.29, 1.82) is 0 Å². The molecule has 7 nitrogen and oxygen atoms in total. The number of hydrogen-bond acceptors (Lipinski definition) is 5. The van der Waals surface area contributed by atoms with Gasteiger partial charge < -0.3 is 24.8 Å². The van der Waals surface area contributed by atoms with Crippen LogP contribution in [0.5, 0.6) is 0 Å². The van der Waals surface area contributed by atoms with Gasteiger partial charge in [0.1, 0.15) is 0 Å². The summed E-state index contributed by atoms with van der Waals surface area (Å²) in [6.45, 7) is 14.6. The van der Waals surface area contributed by atoms with Gasteiger partial charge in [-0.05, 0) is 54.3 Å². The molecule has 2 aliphatic rings. The molecule has 34 heavy (non-hydrogen) atoms. The van der Waals surface area contributed by atoms with E-state index in [0.717, 1.165) is 25.7 Å². The average Bonchev–Trinajstić information content (AvgIpc) is 2.74. The molecule has 2 fully saturated rings. The summed E-state index contributed by atoms with van der Waals surface area (Å²) in [6.07, 6.45) is 3.70. The van der Waals surface area contributed by atoms with Crippen molar-refractivity contribution < 1.29 is 24.2 Å². The summed E-state index contributed by atoms with van der Waals surface area (Å²) in [7, 11) is 3.27. The number of fused-ring (bicyclic) bond motifs is 1. The van der Waals surface area contributed by atoms with E-state index in [1.165, 1.54) is 0 Å². The molecule has 0 heterocycles. The minimum atomic E-state index is -0.568. The van der Waals surface area contributed by atoms with Crippen molar-refractivity contribution in [2.24, 2.45) is 34.5 Å². The van der Waals surface area contributed by atoms with Crippen LogP contribution in [0.2, 0.25) is 0 Å². The number of ether oxygens (including phenoxy) is 2. The van der Waals surface area contributed by atoms with E-state index in [1.807, 2.05) is 6.92 Å². The van der Waals surface area contributed by atoms with Gasteiger partial charge in [-0.3, -0.25) is 9.59 Å². The van der Waals surface area contributed by atoms with E-state index in [-0.39, 0.29) is 52.4 Å². The summed E-state index contributed by atoms with van der Waals surface area (Å²) in [5.41, 5.74) is -0.0195. The van der Waals surface area contributed by atoms with Crippen LogP contribution in [-0.4, -0.2) is 74.5 Å². The van der Waals surface area contributed by atoms with E-state index in [1.54, 1.807) is 19.1 Å². The highest BCUT2D eigenvalue weighted by molar-refractivity contribution is 5.79. The second-order valence-corrected chi connectivity index (χ2v) is 12.3. The van der Waals surface area contributed by atoms with Crippen LogP contribution in [0.4, 0.5) is 0 Å². The third kappa shape index (κ3) is 7.17. The van der Waals surface area contributed by atoms with Crippen LogP contribution >= 0.6 is 0 Å². The Hall–Kier alpha value is -1.18. The minimum absolute atomic E-state index is 0.0368. The van der Waals surface area contributed by atoms with Crippen molar-refractivity contribution in [3.8, 4) is 0 Å². The van der Waals surface area contributed by atoms with E-state index in [2.05, 4.69) is 39.9 Å². The fourth-order valence-corrected chi connectivity index (χ4v) is 6.44. The lowest BCUT2D eigenvalue weighted by Gasteiger charge is -2.56. The van der Waals surface area contributed by atoms with Gasteiger partial charge in [0.15, 0.2) is 0 Å². The molecular formula is C27H50N2O5. The zero-order chi connectivity index (χ0) is 25.7. The van der Waals surface area contributed by atoms with E-state index >= 15 is 0 Å². The molecule has 2 saturated carbocycles. The number of nitrogens with zero attached hydrogens (tertiary/aromatic N) is 1. The van der Waals surface area contributed by atoms with Crippen molar-refractivity contribution in [3.63, 3.8) is 0 Å². The normalized spacial score (nSPS) is 32.6. The van der Waals surface area contributed by atoms with Crippen LogP contribution in [0.1, 0.15) is 73.6 Å². The molecule has 7 heteroatoms. The van der Waals surface area contributed by atoms with Crippen LogP contribution in [-0.2, 0) is 19.1 Å². The predicted octanol–water partition coefficient (Wildman–Crippen LogP) is 3.49. The Balaban J connectivity index is 2.14. The third-order valence-electron chi connectivity index (χ3n) is 8.40. The molecule has 2 rings (SSSR count). The Morgan fingerprint density at radius 1 is 1.12 bits per heavy atom. The average molecular weight is 483 g/mol. The first-order valence-corrected chi connectivity index (χ1v) is 13.1. The Bertz CT molecular complexity index is 670. The predicted molar refractivity (Wildman–Crippen MR) is 134 cm³/mol. The number of amides is 2. The maximum atomic E-state index is 13.4. The van der Waals surface area contributed by atoms with Crippen molar-refractivity contribution in [3.05, 3.63) is 0 Å². The summed E-state index contributed by atoms with van der Waals surface area (Å²) in [5, 5.41) is 14.9. The van der Waals surface area contributed by atoms with E-state index in [4.69, 9.17) is 9.47 Å². The van der Waals surface area contributed by atoms with Gasteiger partial charge in [0, 0.05) is 45.7 Å².